The van der Waals surface area contributed by atoms with Crippen molar-refractivity contribution in [3.05, 3.63) is 121 Å². The molecule has 0 saturated heterocycles. The summed E-state index contributed by atoms with van der Waals surface area (Å²) in [5.41, 5.74) is 2.57. The average molecular weight is 1330 g/mol. The van der Waals surface area contributed by atoms with Gasteiger partial charge in [-0.25, -0.2) is 14.4 Å². The van der Waals surface area contributed by atoms with Crippen LogP contribution in [0.1, 0.15) is 247 Å². The number of allylic oxidation sites excluding steroid dienone is 2. The minimum atomic E-state index is -0.458. The number of aliphatic hydroxyl groups is 2. The third kappa shape index (κ3) is 86.8. The van der Waals surface area contributed by atoms with Gasteiger partial charge in [-0.3, -0.25) is 19.2 Å². The van der Waals surface area contributed by atoms with Gasteiger partial charge in [0.1, 0.15) is 0 Å². The molecule has 3 rings (SSSR count). The van der Waals surface area contributed by atoms with Crippen molar-refractivity contribution in [1.29, 1.82) is 0 Å². The van der Waals surface area contributed by atoms with E-state index < -0.39 is 5.60 Å². The molecule has 0 bridgehead atoms. The van der Waals surface area contributed by atoms with Gasteiger partial charge >= 0.3 is 41.8 Å². The predicted molar refractivity (Wildman–Crippen MR) is 388 cm³/mol. The van der Waals surface area contributed by atoms with Gasteiger partial charge in [0.2, 0.25) is 0 Å². The fraction of sp³-hybridized carbons (Fsp3) is 0.618. The molecular formula is C76H135NO17. The summed E-state index contributed by atoms with van der Waals surface area (Å²) in [5.74, 6) is 4.79. The van der Waals surface area contributed by atoms with Crippen LogP contribution < -0.4 is 0 Å². The molecule has 1 aliphatic heterocycles. The highest BCUT2D eigenvalue weighted by atomic mass is 16.5. The second kappa shape index (κ2) is 85.8. The van der Waals surface area contributed by atoms with Crippen LogP contribution >= 0.6 is 0 Å². The summed E-state index contributed by atoms with van der Waals surface area (Å²) in [6.07, 6.45) is 22.5. The number of nitrogens with zero attached hydrogens (tertiary/aromatic N) is 1. The number of hydrogen-bond donors (Lipinski definition) is 2. The topological polar surface area (TPSA) is 237 Å². The van der Waals surface area contributed by atoms with Crippen molar-refractivity contribution < 1.29 is 81.7 Å². The molecule has 3 unspecified atom stereocenters. The summed E-state index contributed by atoms with van der Waals surface area (Å²) in [5, 5.41) is 17.2. The van der Waals surface area contributed by atoms with E-state index in [-0.39, 0.29) is 59.7 Å². The maximum absolute atomic E-state index is 11.2. The first-order valence-electron chi connectivity index (χ1n) is 33.0. The number of methoxy groups -OCH3 is 7. The van der Waals surface area contributed by atoms with Crippen molar-refractivity contribution in [2.24, 2.45) is 11.8 Å². The summed E-state index contributed by atoms with van der Waals surface area (Å²) in [6.45, 7) is 45.2. The molecule has 18 nitrogen and oxygen atoms in total. The summed E-state index contributed by atoms with van der Waals surface area (Å²) in [7, 11) is 9.82. The lowest BCUT2D eigenvalue weighted by Gasteiger charge is -2.18. The normalized spacial score (nSPS) is 10.5. The van der Waals surface area contributed by atoms with Gasteiger partial charge in [-0.15, -0.1) is 18.4 Å². The van der Waals surface area contributed by atoms with Crippen LogP contribution in [0.5, 0.6) is 0 Å². The van der Waals surface area contributed by atoms with Gasteiger partial charge in [0.05, 0.1) is 103 Å². The average Bonchev–Trinajstić information content (AvgIpc) is 1.76. The van der Waals surface area contributed by atoms with E-state index in [2.05, 4.69) is 85.9 Å². The standard InChI is InChI=1S/C10H20O2.C9H13NO2.C9H10O2.C8H8O2.C8H16O2.C6H10.C5H12O.2C4H8O2.C4H8O.C4H10O.C3H6.C2H6/c1-4-6-8-9(7-5-2)10(11)12-3;1-3-10-6-4-5-8(7-10)9(11)12-2;1-7-3-5-8(6-4-7)9(10)11-2;1-10-8(9)7-5-3-2-4-6-7;1-4-6-7(5-2)8(9)10-3;1-3-5-6-4-2;1-4-5(2,3)6;2*1-3-4(5)6-2;1-3-5-4-2;1-3-4(2)5;1-3-2;1-2/h9H,4-8H2,1-3H3;4,6-7H,3,5H2,1-2H3;3-6H,1-2H3;2-6H,1H3;7H,4-6H2,1-3H3;3,5H2,1-2H3;6H,4H2,1-3H3;2*3H2,1-2H3;3H,1,4H2,2H3;4-5H,3H2,1-2H3;3H,1H2,2H3;1-2H3. The van der Waals surface area contributed by atoms with Crippen molar-refractivity contribution in [3.8, 4) is 11.8 Å². The van der Waals surface area contributed by atoms with E-state index in [1.807, 2.05) is 111 Å². The second-order valence-electron chi connectivity index (χ2n) is 19.8. The number of hydrogen-bond acceptors (Lipinski definition) is 18. The van der Waals surface area contributed by atoms with Gasteiger partial charge < -0.3 is 53.0 Å². The molecule has 0 aromatic heterocycles. The van der Waals surface area contributed by atoms with Crippen LogP contribution in [0, 0.1) is 30.6 Å². The van der Waals surface area contributed by atoms with E-state index in [9.17, 15) is 33.6 Å². The number of carbonyl (C=O) groups is 7. The molecule has 1 aliphatic rings. The van der Waals surface area contributed by atoms with Crippen molar-refractivity contribution in [2.75, 3.05) is 62.9 Å². The largest absolute Gasteiger partial charge is 0.502 e. The number of aryl methyl sites for hydroxylation is 1. The van der Waals surface area contributed by atoms with E-state index in [1.165, 1.54) is 62.5 Å². The number of aliphatic hydroxyl groups excluding tert-OH is 1. The van der Waals surface area contributed by atoms with Gasteiger partial charge in [0.25, 0.3) is 0 Å². The number of benzene rings is 2. The molecule has 2 aromatic rings. The van der Waals surface area contributed by atoms with E-state index in [1.54, 1.807) is 77.1 Å². The minimum Gasteiger partial charge on any atom is -0.502 e. The SMILES string of the molecule is C=CC.C=COCC.CC.CC#CCCC.CCC(=O)OC.CCC(=O)OC.CCC(C)(C)O.CCC(C)O.CCCC(CC)C(=O)OC.CCCCC(CCC)C(=O)OC.CCN1C=CCC(C(=O)OC)=C1.COC(=O)c1ccc(C)cc1.COC(=O)c1ccccc1. The van der Waals surface area contributed by atoms with Gasteiger partial charge in [0.15, 0.2) is 0 Å². The molecule has 0 spiro atoms. The molecule has 546 valence electrons. The van der Waals surface area contributed by atoms with Crippen LogP contribution in [0.3, 0.4) is 0 Å². The first-order chi connectivity index (χ1) is 44.6. The second-order valence-corrected chi connectivity index (χ2v) is 19.8. The third-order valence-corrected chi connectivity index (χ3v) is 11.5. The Morgan fingerprint density at radius 2 is 1.03 bits per heavy atom. The van der Waals surface area contributed by atoms with Crippen LogP contribution in [0.15, 0.2) is 104 Å². The van der Waals surface area contributed by atoms with E-state index in [4.69, 9.17) is 14.9 Å². The minimum absolute atomic E-state index is 0.0368. The fourth-order valence-electron chi connectivity index (χ4n) is 5.58. The Hall–Kier alpha value is -7.23. The van der Waals surface area contributed by atoms with Crippen molar-refractivity contribution in [1.82, 2.24) is 4.90 Å². The zero-order chi connectivity index (χ0) is 75.2. The molecular weight excluding hydrogens is 1200 g/mol. The number of ether oxygens (including phenoxy) is 8. The Bertz CT molecular complexity index is 2140. The predicted octanol–water partition coefficient (Wildman–Crippen LogP) is 17.6. The summed E-state index contributed by atoms with van der Waals surface area (Å²) >= 11 is 0. The Balaban J connectivity index is -0.000000104. The Morgan fingerprint density at radius 3 is 1.30 bits per heavy atom. The summed E-state index contributed by atoms with van der Waals surface area (Å²) in [4.78, 5) is 76.7. The van der Waals surface area contributed by atoms with E-state index in [0.29, 0.717) is 36.0 Å². The smallest absolute Gasteiger partial charge is 0.337 e. The van der Waals surface area contributed by atoms with Gasteiger partial charge in [-0.2, -0.15) is 0 Å². The first-order valence-corrected chi connectivity index (χ1v) is 33.0. The van der Waals surface area contributed by atoms with E-state index >= 15 is 0 Å². The highest BCUT2D eigenvalue weighted by Crippen LogP contribution is 2.16. The van der Waals surface area contributed by atoms with Gasteiger partial charge in [-0.05, 0) is 131 Å². The highest BCUT2D eigenvalue weighted by Gasteiger charge is 2.17. The third-order valence-electron chi connectivity index (χ3n) is 11.5. The van der Waals surface area contributed by atoms with Crippen LogP contribution in [-0.4, -0.2) is 132 Å². The van der Waals surface area contributed by atoms with Crippen LogP contribution in [0.2, 0.25) is 0 Å². The number of rotatable bonds is 21. The number of unbranched alkanes of at least 4 members (excludes halogenated alkanes) is 2. The zero-order valence-corrected chi connectivity index (χ0v) is 63.7. The van der Waals surface area contributed by atoms with Crippen LogP contribution in [0.4, 0.5) is 0 Å². The van der Waals surface area contributed by atoms with Crippen molar-refractivity contribution in [3.63, 3.8) is 0 Å². The fourth-order valence-corrected chi connectivity index (χ4v) is 5.58. The van der Waals surface area contributed by atoms with E-state index in [0.717, 1.165) is 89.3 Å². The molecule has 0 saturated carbocycles. The number of carbonyl (C=O) groups excluding carboxylic acids is 7. The molecule has 0 radical (unpaired) electrons. The summed E-state index contributed by atoms with van der Waals surface area (Å²) in [6, 6.07) is 16.1. The van der Waals surface area contributed by atoms with Crippen molar-refractivity contribution in [2.45, 2.75) is 240 Å². The molecule has 0 aliphatic carbocycles. The first kappa shape index (κ1) is 108. The molecule has 0 fully saturated rings. The Morgan fingerprint density at radius 1 is 0.617 bits per heavy atom. The number of esters is 7. The maximum Gasteiger partial charge on any atom is 0.337 e. The molecule has 18 heteroatoms. The quantitative estimate of drug-likeness (QED) is 0.0388. The molecule has 0 amide bonds. The van der Waals surface area contributed by atoms with Gasteiger partial charge in [-0.1, -0.05) is 156 Å². The highest BCUT2D eigenvalue weighted by molar-refractivity contribution is 5.90. The Labute approximate surface area is 573 Å². The van der Waals surface area contributed by atoms with Gasteiger partial charge in [0, 0.05) is 38.4 Å². The monoisotopic (exact) mass is 1330 g/mol. The van der Waals surface area contributed by atoms with Crippen LogP contribution in [-0.2, 0) is 61.9 Å². The van der Waals surface area contributed by atoms with Crippen LogP contribution in [0.25, 0.3) is 0 Å². The Kier molecular flexibility index (Phi) is 98.8. The zero-order valence-electron chi connectivity index (χ0n) is 63.7. The maximum atomic E-state index is 11.2. The molecule has 2 N–H and O–H groups in total. The lowest BCUT2D eigenvalue weighted by molar-refractivity contribution is -0.146. The summed E-state index contributed by atoms with van der Waals surface area (Å²) < 4.78 is 36.1. The lowest BCUT2D eigenvalue weighted by atomic mass is 9.97. The lowest BCUT2D eigenvalue weighted by Crippen LogP contribution is -2.16. The molecule has 2 aromatic carbocycles. The molecule has 1 heterocycles. The molecule has 94 heavy (non-hydrogen) atoms. The van der Waals surface area contributed by atoms with Crippen molar-refractivity contribution >= 4 is 41.8 Å². The molecule has 3 atom stereocenters.